The van der Waals surface area contributed by atoms with Crippen LogP contribution in [-0.2, 0) is 4.79 Å². The molecule has 0 unspecified atom stereocenters. The Morgan fingerprint density at radius 2 is 1.76 bits per heavy atom. The molecule has 2 heterocycles. The fourth-order valence-corrected chi connectivity index (χ4v) is 3.25. The molecule has 0 N–H and O–H groups in total. The van der Waals surface area contributed by atoms with Crippen LogP contribution in [0.3, 0.4) is 0 Å². The van der Waals surface area contributed by atoms with Crippen molar-refractivity contribution in [3.8, 4) is 0 Å². The van der Waals surface area contributed by atoms with E-state index in [1.807, 2.05) is 65.6 Å². The zero-order valence-electron chi connectivity index (χ0n) is 14.0. The minimum Gasteiger partial charge on any atom is -0.440 e. The number of likely N-dealkylation sites (tertiary alicyclic amines) is 1. The number of rotatable bonds is 3. The lowest BCUT2D eigenvalue weighted by Gasteiger charge is -2.29. The van der Waals surface area contributed by atoms with Crippen LogP contribution >= 0.6 is 0 Å². The largest absolute Gasteiger partial charge is 0.440 e. The highest BCUT2D eigenvalue weighted by molar-refractivity contribution is 5.91. The van der Waals surface area contributed by atoms with E-state index in [0.29, 0.717) is 0 Å². The Morgan fingerprint density at radius 1 is 1.04 bits per heavy atom. The van der Waals surface area contributed by atoms with E-state index in [2.05, 4.69) is 4.98 Å². The van der Waals surface area contributed by atoms with Gasteiger partial charge in [0.2, 0.25) is 5.91 Å². The molecule has 126 valence electrons. The fraction of sp³-hybridized carbons (Fsp3) is 0.238. The maximum atomic E-state index is 12.4. The Morgan fingerprint density at radius 3 is 2.52 bits per heavy atom. The number of fused-ring (bicyclic) bond motifs is 1. The van der Waals surface area contributed by atoms with Gasteiger partial charge in [-0.1, -0.05) is 42.5 Å². The fourth-order valence-electron chi connectivity index (χ4n) is 3.25. The quantitative estimate of drug-likeness (QED) is 0.674. The lowest BCUT2D eigenvalue weighted by molar-refractivity contribution is -0.127. The van der Waals surface area contributed by atoms with Crippen molar-refractivity contribution in [1.82, 2.24) is 9.88 Å². The van der Waals surface area contributed by atoms with Gasteiger partial charge in [0.25, 0.3) is 0 Å². The molecule has 1 saturated heterocycles. The van der Waals surface area contributed by atoms with Crippen LogP contribution in [0.2, 0.25) is 0 Å². The molecule has 1 aliphatic heterocycles. The summed E-state index contributed by atoms with van der Waals surface area (Å²) >= 11 is 0. The molecule has 0 atom stereocenters. The topological polar surface area (TPSA) is 46.3 Å². The van der Waals surface area contributed by atoms with E-state index in [4.69, 9.17) is 4.42 Å². The molecular weight excluding hydrogens is 312 g/mol. The highest BCUT2D eigenvalue weighted by Gasteiger charge is 2.26. The van der Waals surface area contributed by atoms with Crippen molar-refractivity contribution < 1.29 is 9.21 Å². The minimum absolute atomic E-state index is 0.0693. The Kier molecular flexibility index (Phi) is 4.34. The van der Waals surface area contributed by atoms with Gasteiger partial charge < -0.3 is 9.32 Å². The molecule has 0 bridgehead atoms. The van der Waals surface area contributed by atoms with Crippen LogP contribution in [-0.4, -0.2) is 28.9 Å². The van der Waals surface area contributed by atoms with Gasteiger partial charge in [-0.2, -0.15) is 0 Å². The molecular formula is C21H20N2O2. The monoisotopic (exact) mass is 332 g/mol. The second-order valence-electron chi connectivity index (χ2n) is 6.36. The molecule has 1 amide bonds. The molecule has 1 aliphatic rings. The third kappa shape index (κ3) is 3.48. The molecule has 25 heavy (non-hydrogen) atoms. The number of hydrogen-bond donors (Lipinski definition) is 0. The molecule has 1 fully saturated rings. The molecule has 4 nitrogen and oxygen atoms in total. The summed E-state index contributed by atoms with van der Waals surface area (Å²) in [6.07, 6.45) is 5.31. The summed E-state index contributed by atoms with van der Waals surface area (Å²) in [7, 11) is 0. The first-order valence-corrected chi connectivity index (χ1v) is 8.67. The van der Waals surface area contributed by atoms with Crippen LogP contribution in [0.5, 0.6) is 0 Å². The Hall–Kier alpha value is -2.88. The summed E-state index contributed by atoms with van der Waals surface area (Å²) in [6, 6.07) is 17.7. The Balaban J connectivity index is 1.37. The molecule has 0 spiro atoms. The number of piperidine rings is 1. The van der Waals surface area contributed by atoms with Gasteiger partial charge in [-0.05, 0) is 36.6 Å². The van der Waals surface area contributed by atoms with E-state index in [1.54, 1.807) is 6.08 Å². The first-order chi connectivity index (χ1) is 12.3. The summed E-state index contributed by atoms with van der Waals surface area (Å²) in [5, 5.41) is 0. The standard InChI is InChI=1S/C21H20N2O2/c24-20(11-10-16-6-2-1-3-7-16)23-14-12-17(13-15-23)21-22-18-8-4-5-9-19(18)25-21/h1-11,17H,12-15H2/b11-10+. The van der Waals surface area contributed by atoms with Crippen LogP contribution < -0.4 is 0 Å². The number of para-hydroxylation sites is 2. The molecule has 2 aromatic carbocycles. The number of aromatic nitrogens is 1. The van der Waals surface area contributed by atoms with E-state index in [0.717, 1.165) is 48.5 Å². The maximum Gasteiger partial charge on any atom is 0.246 e. The number of nitrogens with zero attached hydrogens (tertiary/aromatic N) is 2. The first-order valence-electron chi connectivity index (χ1n) is 8.67. The van der Waals surface area contributed by atoms with Crippen LogP contribution in [0.25, 0.3) is 17.2 Å². The molecule has 4 rings (SSSR count). The van der Waals surface area contributed by atoms with Gasteiger partial charge in [-0.25, -0.2) is 4.98 Å². The van der Waals surface area contributed by atoms with E-state index >= 15 is 0 Å². The second-order valence-corrected chi connectivity index (χ2v) is 6.36. The molecule has 0 radical (unpaired) electrons. The molecule has 1 aromatic heterocycles. The summed E-state index contributed by atoms with van der Waals surface area (Å²) in [4.78, 5) is 18.9. The van der Waals surface area contributed by atoms with Gasteiger partial charge in [0.05, 0.1) is 0 Å². The van der Waals surface area contributed by atoms with Crippen molar-refractivity contribution >= 4 is 23.1 Å². The summed E-state index contributed by atoms with van der Waals surface area (Å²) in [5.74, 6) is 1.16. The molecule has 3 aromatic rings. The van der Waals surface area contributed by atoms with Gasteiger partial charge in [0, 0.05) is 25.1 Å². The lowest BCUT2D eigenvalue weighted by atomic mass is 9.96. The predicted octanol–water partition coefficient (Wildman–Crippen LogP) is 4.25. The highest BCUT2D eigenvalue weighted by Crippen LogP contribution is 2.29. The number of oxazole rings is 1. The summed E-state index contributed by atoms with van der Waals surface area (Å²) < 4.78 is 5.88. The molecule has 4 heteroatoms. The smallest absolute Gasteiger partial charge is 0.246 e. The maximum absolute atomic E-state index is 12.4. The number of carbonyl (C=O) groups excluding carboxylic acids is 1. The lowest BCUT2D eigenvalue weighted by Crippen LogP contribution is -2.36. The van der Waals surface area contributed by atoms with Crippen molar-refractivity contribution in [1.29, 1.82) is 0 Å². The van der Waals surface area contributed by atoms with Gasteiger partial charge >= 0.3 is 0 Å². The summed E-state index contributed by atoms with van der Waals surface area (Å²) in [6.45, 7) is 1.47. The number of carbonyl (C=O) groups is 1. The van der Waals surface area contributed by atoms with Gasteiger partial charge in [-0.3, -0.25) is 4.79 Å². The van der Waals surface area contributed by atoms with Crippen molar-refractivity contribution in [2.75, 3.05) is 13.1 Å². The van der Waals surface area contributed by atoms with Crippen LogP contribution in [0, 0.1) is 0 Å². The summed E-state index contributed by atoms with van der Waals surface area (Å²) in [5.41, 5.74) is 2.78. The second kappa shape index (κ2) is 6.93. The number of benzene rings is 2. The van der Waals surface area contributed by atoms with E-state index in [9.17, 15) is 4.79 Å². The zero-order valence-corrected chi connectivity index (χ0v) is 14.0. The van der Waals surface area contributed by atoms with Crippen molar-refractivity contribution in [2.45, 2.75) is 18.8 Å². The minimum atomic E-state index is 0.0693. The average molecular weight is 332 g/mol. The van der Waals surface area contributed by atoms with Crippen LogP contribution in [0.15, 0.2) is 65.1 Å². The van der Waals surface area contributed by atoms with Gasteiger partial charge in [0.1, 0.15) is 5.52 Å². The Labute approximate surface area is 146 Å². The van der Waals surface area contributed by atoms with Crippen molar-refractivity contribution in [3.63, 3.8) is 0 Å². The highest BCUT2D eigenvalue weighted by atomic mass is 16.3. The predicted molar refractivity (Wildman–Crippen MR) is 98.0 cm³/mol. The van der Waals surface area contributed by atoms with E-state index in [-0.39, 0.29) is 11.8 Å². The number of amides is 1. The van der Waals surface area contributed by atoms with Crippen LogP contribution in [0.4, 0.5) is 0 Å². The van der Waals surface area contributed by atoms with E-state index < -0.39 is 0 Å². The average Bonchev–Trinajstić information content (AvgIpc) is 3.11. The zero-order chi connectivity index (χ0) is 17.1. The van der Waals surface area contributed by atoms with Crippen molar-refractivity contribution in [2.24, 2.45) is 0 Å². The number of hydrogen-bond acceptors (Lipinski definition) is 3. The first kappa shape index (κ1) is 15.6. The van der Waals surface area contributed by atoms with Crippen LogP contribution in [0.1, 0.15) is 30.2 Å². The Bertz CT molecular complexity index is 857. The van der Waals surface area contributed by atoms with E-state index in [1.165, 1.54) is 0 Å². The molecule has 0 saturated carbocycles. The van der Waals surface area contributed by atoms with Crippen molar-refractivity contribution in [3.05, 3.63) is 72.1 Å². The third-order valence-electron chi connectivity index (χ3n) is 4.68. The normalized spacial score (nSPS) is 15.9. The third-order valence-corrected chi connectivity index (χ3v) is 4.68. The SMILES string of the molecule is O=C(/C=C/c1ccccc1)N1CCC(c2nc3ccccc3o2)CC1. The van der Waals surface area contributed by atoms with Gasteiger partial charge in [-0.15, -0.1) is 0 Å². The molecule has 0 aliphatic carbocycles. The van der Waals surface area contributed by atoms with Gasteiger partial charge in [0.15, 0.2) is 11.5 Å².